The van der Waals surface area contributed by atoms with Gasteiger partial charge in [-0.1, -0.05) is 0 Å². The van der Waals surface area contributed by atoms with Gasteiger partial charge in [-0.15, -0.1) is 35.3 Å². The van der Waals surface area contributed by atoms with Crippen LogP contribution in [0.4, 0.5) is 0 Å². The van der Waals surface area contributed by atoms with Crippen molar-refractivity contribution < 1.29 is 4.74 Å². The maximum Gasteiger partial charge on any atom is 0.191 e. The lowest BCUT2D eigenvalue weighted by atomic mass is 10.4. The van der Waals surface area contributed by atoms with Crippen molar-refractivity contribution in [2.24, 2.45) is 4.99 Å². The normalized spacial score (nSPS) is 16.2. The SMILES string of the molecule is COC(C)c1nc(CNC2=NCCCN2)cs1.I. The van der Waals surface area contributed by atoms with Gasteiger partial charge in [-0.3, -0.25) is 4.99 Å². The number of methoxy groups -OCH3 is 1. The summed E-state index contributed by atoms with van der Waals surface area (Å²) in [6, 6.07) is 0. The van der Waals surface area contributed by atoms with Crippen molar-refractivity contribution >= 4 is 41.3 Å². The van der Waals surface area contributed by atoms with E-state index in [0.717, 1.165) is 36.2 Å². The van der Waals surface area contributed by atoms with Crippen molar-refractivity contribution in [3.05, 3.63) is 16.1 Å². The highest BCUT2D eigenvalue weighted by molar-refractivity contribution is 14.0. The number of aromatic nitrogens is 1. The Morgan fingerprint density at radius 2 is 2.44 bits per heavy atom. The molecule has 5 nitrogen and oxygen atoms in total. The molecule has 2 rings (SSSR count). The molecule has 1 aliphatic heterocycles. The predicted octanol–water partition coefficient (Wildman–Crippen LogP) is 1.91. The van der Waals surface area contributed by atoms with Crippen LogP contribution in [0.15, 0.2) is 10.4 Å². The van der Waals surface area contributed by atoms with Crippen molar-refractivity contribution in [2.75, 3.05) is 20.2 Å². The van der Waals surface area contributed by atoms with Crippen LogP contribution in [0.5, 0.6) is 0 Å². The molecule has 2 heterocycles. The van der Waals surface area contributed by atoms with Crippen molar-refractivity contribution in [3.63, 3.8) is 0 Å². The summed E-state index contributed by atoms with van der Waals surface area (Å²) < 4.78 is 5.24. The second-order valence-electron chi connectivity index (χ2n) is 3.92. The van der Waals surface area contributed by atoms with Gasteiger partial charge in [-0.25, -0.2) is 4.98 Å². The van der Waals surface area contributed by atoms with Gasteiger partial charge in [-0.05, 0) is 13.3 Å². The van der Waals surface area contributed by atoms with Crippen molar-refractivity contribution in [1.29, 1.82) is 0 Å². The smallest absolute Gasteiger partial charge is 0.191 e. The largest absolute Gasteiger partial charge is 0.375 e. The number of ether oxygens (including phenoxy) is 1. The summed E-state index contributed by atoms with van der Waals surface area (Å²) in [5.74, 6) is 0.880. The Morgan fingerprint density at radius 1 is 1.61 bits per heavy atom. The predicted molar refractivity (Wildman–Crippen MR) is 84.7 cm³/mol. The Hall–Kier alpha value is -0.410. The zero-order valence-corrected chi connectivity index (χ0v) is 13.7. The number of hydrogen-bond acceptors (Lipinski definition) is 6. The number of rotatable bonds is 4. The molecule has 0 amide bonds. The summed E-state index contributed by atoms with van der Waals surface area (Å²) in [5, 5.41) is 9.54. The van der Waals surface area contributed by atoms with Gasteiger partial charge in [0, 0.05) is 25.6 Å². The Labute approximate surface area is 128 Å². The van der Waals surface area contributed by atoms with E-state index in [1.54, 1.807) is 18.4 Å². The lowest BCUT2D eigenvalue weighted by molar-refractivity contribution is 0.119. The summed E-state index contributed by atoms with van der Waals surface area (Å²) in [6.45, 7) is 4.61. The number of thiazole rings is 1. The van der Waals surface area contributed by atoms with Gasteiger partial charge in [0.2, 0.25) is 0 Å². The van der Waals surface area contributed by atoms with E-state index in [9.17, 15) is 0 Å². The van der Waals surface area contributed by atoms with E-state index in [1.165, 1.54) is 0 Å². The average molecular weight is 382 g/mol. The highest BCUT2D eigenvalue weighted by Crippen LogP contribution is 2.20. The van der Waals surface area contributed by atoms with Crippen molar-refractivity contribution in [1.82, 2.24) is 15.6 Å². The molecule has 1 unspecified atom stereocenters. The molecule has 2 N–H and O–H groups in total. The van der Waals surface area contributed by atoms with Crippen molar-refractivity contribution in [3.8, 4) is 0 Å². The molecule has 0 aromatic carbocycles. The van der Waals surface area contributed by atoms with Crippen LogP contribution in [0.3, 0.4) is 0 Å². The van der Waals surface area contributed by atoms with Gasteiger partial charge in [0.05, 0.1) is 12.2 Å². The maximum atomic E-state index is 5.24. The van der Waals surface area contributed by atoms with Crippen molar-refractivity contribution in [2.45, 2.75) is 26.0 Å². The number of halogens is 1. The van der Waals surface area contributed by atoms with Gasteiger partial charge in [0.15, 0.2) is 5.96 Å². The molecule has 0 bridgehead atoms. The Morgan fingerprint density at radius 3 is 3.11 bits per heavy atom. The first-order valence-corrected chi connectivity index (χ1v) is 6.67. The van der Waals surface area contributed by atoms with Crippen LogP contribution in [0.1, 0.15) is 30.2 Å². The Balaban J connectivity index is 0.00000162. The summed E-state index contributed by atoms with van der Waals surface area (Å²) in [6.07, 6.45) is 1.18. The van der Waals surface area contributed by atoms with Crippen LogP contribution < -0.4 is 10.6 Å². The van der Waals surface area contributed by atoms with Crippen LogP contribution in [-0.2, 0) is 11.3 Å². The first-order valence-electron chi connectivity index (χ1n) is 5.79. The highest BCUT2D eigenvalue weighted by atomic mass is 127. The number of nitrogens with one attached hydrogen (secondary N) is 2. The van der Waals surface area contributed by atoms with Gasteiger partial charge >= 0.3 is 0 Å². The van der Waals surface area contributed by atoms with Gasteiger partial charge in [0.25, 0.3) is 0 Å². The molecule has 0 radical (unpaired) electrons. The fourth-order valence-electron chi connectivity index (χ4n) is 1.52. The van der Waals surface area contributed by atoms with Crippen LogP contribution in [-0.4, -0.2) is 31.1 Å². The molecule has 1 aromatic heterocycles. The topological polar surface area (TPSA) is 58.5 Å². The molecule has 102 valence electrons. The molecule has 7 heteroatoms. The monoisotopic (exact) mass is 382 g/mol. The van der Waals surface area contributed by atoms with E-state index in [1.807, 2.05) is 6.92 Å². The Kier molecular flexibility index (Phi) is 6.87. The minimum absolute atomic E-state index is 0. The van der Waals surface area contributed by atoms with Crippen LogP contribution in [0.2, 0.25) is 0 Å². The standard InChI is InChI=1S/C11H18N4OS.HI/c1-8(16-2)10-15-9(7-17-10)6-14-11-12-4-3-5-13-11;/h7-8H,3-6H2,1-2H3,(H2,12,13,14);1H. The summed E-state index contributed by atoms with van der Waals surface area (Å²) in [7, 11) is 1.70. The van der Waals surface area contributed by atoms with Gasteiger partial charge in [-0.2, -0.15) is 0 Å². The molecule has 0 saturated carbocycles. The van der Waals surface area contributed by atoms with E-state index in [2.05, 4.69) is 26.0 Å². The molecular weight excluding hydrogens is 363 g/mol. The molecular formula is C11H19IN4OS. The summed E-state index contributed by atoms with van der Waals surface area (Å²) >= 11 is 1.63. The second kappa shape index (κ2) is 7.90. The maximum absolute atomic E-state index is 5.24. The van der Waals surface area contributed by atoms with Crippen LogP contribution >= 0.6 is 35.3 Å². The minimum atomic E-state index is 0. The molecule has 18 heavy (non-hydrogen) atoms. The molecule has 0 saturated heterocycles. The van der Waals surface area contributed by atoms with E-state index >= 15 is 0 Å². The zero-order valence-electron chi connectivity index (χ0n) is 10.6. The fourth-order valence-corrected chi connectivity index (χ4v) is 2.37. The average Bonchev–Trinajstić information content (AvgIpc) is 2.85. The first kappa shape index (κ1) is 15.6. The highest BCUT2D eigenvalue weighted by Gasteiger charge is 2.10. The fraction of sp³-hybridized carbons (Fsp3) is 0.636. The van der Waals surface area contributed by atoms with Crippen LogP contribution in [0.25, 0.3) is 0 Å². The van der Waals surface area contributed by atoms with Gasteiger partial charge in [0.1, 0.15) is 11.1 Å². The van der Waals surface area contributed by atoms with E-state index in [0.29, 0.717) is 6.54 Å². The molecule has 1 aromatic rings. The van der Waals surface area contributed by atoms with Gasteiger partial charge < -0.3 is 15.4 Å². The van der Waals surface area contributed by atoms with E-state index < -0.39 is 0 Å². The quantitative estimate of drug-likeness (QED) is 0.782. The Bertz CT molecular complexity index is 396. The second-order valence-corrected chi connectivity index (χ2v) is 4.81. The molecule has 1 aliphatic rings. The van der Waals surface area contributed by atoms with Crippen LogP contribution in [0, 0.1) is 0 Å². The molecule has 0 aliphatic carbocycles. The lowest BCUT2D eigenvalue weighted by Crippen LogP contribution is -2.40. The third-order valence-corrected chi connectivity index (χ3v) is 3.66. The summed E-state index contributed by atoms with van der Waals surface area (Å²) in [4.78, 5) is 8.86. The number of nitrogens with zero attached hydrogens (tertiary/aromatic N) is 2. The molecule has 0 spiro atoms. The minimum Gasteiger partial charge on any atom is -0.375 e. The van der Waals surface area contributed by atoms with E-state index in [-0.39, 0.29) is 30.1 Å². The lowest BCUT2D eigenvalue weighted by Gasteiger charge is -2.15. The van der Waals surface area contributed by atoms with E-state index in [4.69, 9.17) is 4.74 Å². The third-order valence-electron chi connectivity index (χ3n) is 2.61. The number of guanidine groups is 1. The first-order chi connectivity index (χ1) is 8.29. The summed E-state index contributed by atoms with van der Waals surface area (Å²) in [5.41, 5.74) is 1.03. The molecule has 1 atom stereocenters. The molecule has 0 fully saturated rings. The number of hydrogen-bond donors (Lipinski definition) is 2. The number of aliphatic imine (C=N–C) groups is 1. The zero-order chi connectivity index (χ0) is 12.1. The third kappa shape index (κ3) is 4.36.